The fraction of sp³-hybridized carbons (Fsp3) is 0.353. The second-order valence-corrected chi connectivity index (χ2v) is 8.12. The van der Waals surface area contributed by atoms with E-state index in [-0.39, 0.29) is 30.1 Å². The molecule has 0 spiro atoms. The summed E-state index contributed by atoms with van der Waals surface area (Å²) in [5.41, 5.74) is 0.625. The number of nitrogens with zero attached hydrogens (tertiary/aromatic N) is 1. The lowest BCUT2D eigenvalue weighted by molar-refractivity contribution is -0.123. The fourth-order valence-electron chi connectivity index (χ4n) is 2.69. The average Bonchev–Trinajstić information content (AvgIpc) is 3.19. The topological polar surface area (TPSA) is 66.5 Å². The number of nitrogens with one attached hydrogen (secondary N) is 1. The van der Waals surface area contributed by atoms with Crippen molar-refractivity contribution in [2.24, 2.45) is 0 Å². The number of amides is 3. The van der Waals surface area contributed by atoms with Crippen molar-refractivity contribution >= 4 is 57.8 Å². The standard InChI is InChI=1S/C17H17ClN2O3S2/c18-13-6-2-1-5-12(13)15(21)19-7-8-20-16(22)14(25-17(20)23)10-11-4-3-9-24-11/h3-4,9-10H,1-2,5-8H2,(H,19,21). The highest BCUT2D eigenvalue weighted by molar-refractivity contribution is 8.18. The molecule has 8 heteroatoms. The van der Waals surface area contributed by atoms with Gasteiger partial charge in [-0.25, -0.2) is 0 Å². The van der Waals surface area contributed by atoms with E-state index in [1.807, 2.05) is 17.5 Å². The number of halogens is 1. The molecule has 3 rings (SSSR count). The number of carbonyl (C=O) groups excluding carboxylic acids is 3. The van der Waals surface area contributed by atoms with Crippen LogP contribution in [0, 0.1) is 0 Å². The minimum absolute atomic E-state index is 0.156. The molecule has 1 fully saturated rings. The molecule has 2 aliphatic rings. The predicted molar refractivity (Wildman–Crippen MR) is 101 cm³/mol. The molecule has 1 aliphatic carbocycles. The van der Waals surface area contributed by atoms with Crippen LogP contribution in [-0.4, -0.2) is 35.0 Å². The molecule has 0 aromatic carbocycles. The molecular weight excluding hydrogens is 380 g/mol. The molecule has 1 aromatic rings. The van der Waals surface area contributed by atoms with Crippen molar-refractivity contribution in [2.75, 3.05) is 13.1 Å². The molecule has 0 saturated carbocycles. The summed E-state index contributed by atoms with van der Waals surface area (Å²) >= 11 is 8.54. The smallest absolute Gasteiger partial charge is 0.293 e. The first-order valence-electron chi connectivity index (χ1n) is 8.01. The average molecular weight is 397 g/mol. The molecular formula is C17H17ClN2O3S2. The van der Waals surface area contributed by atoms with Gasteiger partial charge in [-0.1, -0.05) is 17.7 Å². The Balaban J connectivity index is 1.55. The van der Waals surface area contributed by atoms with E-state index in [1.165, 1.54) is 16.2 Å². The van der Waals surface area contributed by atoms with Crippen molar-refractivity contribution in [2.45, 2.75) is 25.7 Å². The molecule has 2 heterocycles. The van der Waals surface area contributed by atoms with E-state index in [0.29, 0.717) is 21.9 Å². The third-order valence-corrected chi connectivity index (χ3v) is 6.13. The monoisotopic (exact) mass is 396 g/mol. The van der Waals surface area contributed by atoms with Crippen LogP contribution in [0.5, 0.6) is 0 Å². The molecule has 5 nitrogen and oxygen atoms in total. The highest BCUT2D eigenvalue weighted by Gasteiger charge is 2.34. The van der Waals surface area contributed by atoms with E-state index in [2.05, 4.69) is 5.32 Å². The summed E-state index contributed by atoms with van der Waals surface area (Å²) < 4.78 is 0. The number of hydrogen-bond acceptors (Lipinski definition) is 5. The van der Waals surface area contributed by atoms with Crippen LogP contribution in [0.25, 0.3) is 6.08 Å². The van der Waals surface area contributed by atoms with Crippen LogP contribution in [0.15, 0.2) is 33.0 Å². The predicted octanol–water partition coefficient (Wildman–Crippen LogP) is 3.97. The highest BCUT2D eigenvalue weighted by Crippen LogP contribution is 2.32. The van der Waals surface area contributed by atoms with E-state index in [9.17, 15) is 14.4 Å². The van der Waals surface area contributed by atoms with Crippen LogP contribution >= 0.6 is 34.7 Å². The van der Waals surface area contributed by atoms with Gasteiger partial charge in [-0.15, -0.1) is 11.3 Å². The third-order valence-electron chi connectivity index (χ3n) is 3.99. The maximum Gasteiger partial charge on any atom is 0.293 e. The van der Waals surface area contributed by atoms with Gasteiger partial charge in [-0.3, -0.25) is 19.3 Å². The zero-order valence-electron chi connectivity index (χ0n) is 13.4. The summed E-state index contributed by atoms with van der Waals surface area (Å²) in [5.74, 6) is -0.515. The molecule has 1 aliphatic heterocycles. The van der Waals surface area contributed by atoms with Crippen LogP contribution in [0.4, 0.5) is 4.79 Å². The summed E-state index contributed by atoms with van der Waals surface area (Å²) in [7, 11) is 0. The Kier molecular flexibility index (Phi) is 5.98. The van der Waals surface area contributed by atoms with Crippen molar-refractivity contribution in [3.05, 3.63) is 37.9 Å². The number of thiophene rings is 1. The SMILES string of the molecule is O=C(NCCN1C(=O)SC(=Cc2cccs2)C1=O)C1=C(Cl)CCCC1. The summed E-state index contributed by atoms with van der Waals surface area (Å²) in [6.07, 6.45) is 5.09. The van der Waals surface area contributed by atoms with Gasteiger partial charge in [0.25, 0.3) is 11.1 Å². The quantitative estimate of drug-likeness (QED) is 0.765. The van der Waals surface area contributed by atoms with Crippen molar-refractivity contribution in [3.8, 4) is 0 Å². The Bertz CT molecular complexity index is 756. The first-order chi connectivity index (χ1) is 12.1. The zero-order chi connectivity index (χ0) is 17.8. The number of carbonyl (C=O) groups is 3. The minimum atomic E-state index is -0.312. The van der Waals surface area contributed by atoms with Crippen LogP contribution in [0.3, 0.4) is 0 Å². The minimum Gasteiger partial charge on any atom is -0.350 e. The van der Waals surface area contributed by atoms with Crippen LogP contribution < -0.4 is 5.32 Å². The largest absolute Gasteiger partial charge is 0.350 e. The fourth-order valence-corrected chi connectivity index (χ4v) is 4.59. The molecule has 1 aromatic heterocycles. The lowest BCUT2D eigenvalue weighted by Gasteiger charge is -2.17. The van der Waals surface area contributed by atoms with Gasteiger partial charge in [0.1, 0.15) is 0 Å². The lowest BCUT2D eigenvalue weighted by atomic mass is 9.99. The molecule has 25 heavy (non-hydrogen) atoms. The van der Waals surface area contributed by atoms with E-state index in [1.54, 1.807) is 6.08 Å². The van der Waals surface area contributed by atoms with E-state index in [0.717, 1.165) is 35.9 Å². The summed E-state index contributed by atoms with van der Waals surface area (Å²) in [4.78, 5) is 39.1. The molecule has 0 unspecified atom stereocenters. The number of imide groups is 1. The zero-order valence-corrected chi connectivity index (χ0v) is 15.8. The second kappa shape index (κ2) is 8.21. The molecule has 132 valence electrons. The van der Waals surface area contributed by atoms with Gasteiger partial charge in [0.05, 0.1) is 4.91 Å². The highest BCUT2D eigenvalue weighted by atomic mass is 35.5. The number of hydrogen-bond donors (Lipinski definition) is 1. The Morgan fingerprint density at radius 1 is 1.32 bits per heavy atom. The molecule has 1 saturated heterocycles. The van der Waals surface area contributed by atoms with Crippen molar-refractivity contribution in [1.82, 2.24) is 10.2 Å². The second-order valence-electron chi connectivity index (χ2n) is 5.70. The van der Waals surface area contributed by atoms with Gasteiger partial charge in [-0.05, 0) is 55.0 Å². The Labute approximate surface area is 159 Å². The van der Waals surface area contributed by atoms with Crippen molar-refractivity contribution in [3.63, 3.8) is 0 Å². The third kappa shape index (κ3) is 4.34. The Hall–Kier alpha value is -1.57. The number of rotatable bonds is 5. The molecule has 0 radical (unpaired) electrons. The van der Waals surface area contributed by atoms with E-state index in [4.69, 9.17) is 11.6 Å². The Morgan fingerprint density at radius 3 is 2.84 bits per heavy atom. The summed E-state index contributed by atoms with van der Waals surface area (Å²) in [6, 6.07) is 3.78. The maximum absolute atomic E-state index is 12.3. The first-order valence-corrected chi connectivity index (χ1v) is 10.1. The van der Waals surface area contributed by atoms with Crippen molar-refractivity contribution in [1.29, 1.82) is 0 Å². The van der Waals surface area contributed by atoms with Crippen LogP contribution in [0.2, 0.25) is 0 Å². The van der Waals surface area contributed by atoms with Gasteiger partial charge < -0.3 is 5.32 Å². The van der Waals surface area contributed by atoms with Gasteiger partial charge in [0, 0.05) is 28.6 Å². The van der Waals surface area contributed by atoms with Crippen molar-refractivity contribution < 1.29 is 14.4 Å². The normalized spacial score (nSPS) is 19.9. The van der Waals surface area contributed by atoms with Gasteiger partial charge in [0.15, 0.2) is 0 Å². The molecule has 1 N–H and O–H groups in total. The van der Waals surface area contributed by atoms with E-state index >= 15 is 0 Å². The number of thioether (sulfide) groups is 1. The lowest BCUT2D eigenvalue weighted by Crippen LogP contribution is -2.38. The molecule has 0 bridgehead atoms. The molecule has 0 atom stereocenters. The maximum atomic E-state index is 12.3. The van der Waals surface area contributed by atoms with Gasteiger partial charge in [-0.2, -0.15) is 0 Å². The van der Waals surface area contributed by atoms with E-state index < -0.39 is 0 Å². The van der Waals surface area contributed by atoms with Gasteiger partial charge in [0.2, 0.25) is 5.91 Å². The van der Waals surface area contributed by atoms with Crippen LogP contribution in [0.1, 0.15) is 30.6 Å². The molecule has 3 amide bonds. The van der Waals surface area contributed by atoms with Crippen LogP contribution in [-0.2, 0) is 9.59 Å². The van der Waals surface area contributed by atoms with Gasteiger partial charge >= 0.3 is 0 Å². The summed E-state index contributed by atoms with van der Waals surface area (Å²) in [6.45, 7) is 0.375. The first kappa shape index (κ1) is 18.2. The Morgan fingerprint density at radius 2 is 2.12 bits per heavy atom. The summed E-state index contributed by atoms with van der Waals surface area (Å²) in [5, 5.41) is 4.98. The number of allylic oxidation sites excluding steroid dienone is 1.